The molecule has 10 heteroatoms. The van der Waals surface area contributed by atoms with E-state index in [1.807, 2.05) is 0 Å². The van der Waals surface area contributed by atoms with Crippen molar-refractivity contribution in [2.24, 2.45) is 5.73 Å². The van der Waals surface area contributed by atoms with Crippen LogP contribution in [-0.2, 0) is 19.1 Å². The van der Waals surface area contributed by atoms with Gasteiger partial charge in [0.2, 0.25) is 5.91 Å². The summed E-state index contributed by atoms with van der Waals surface area (Å²) in [5, 5.41) is 3.39. The molecule has 0 aliphatic rings. The van der Waals surface area contributed by atoms with Gasteiger partial charge in [-0.05, 0) is 25.1 Å². The first-order valence-electron chi connectivity index (χ1n) is 7.36. The molecule has 0 atom stereocenters. The predicted octanol–water partition coefficient (Wildman–Crippen LogP) is 1.37. The van der Waals surface area contributed by atoms with Crippen molar-refractivity contribution < 1.29 is 23.9 Å². The summed E-state index contributed by atoms with van der Waals surface area (Å²) >= 11 is 12.3. The van der Waals surface area contributed by atoms with Crippen LogP contribution < -0.4 is 15.8 Å². The molecule has 0 saturated heterocycles. The van der Waals surface area contributed by atoms with Gasteiger partial charge in [-0.25, -0.2) is 9.78 Å². The fourth-order valence-corrected chi connectivity index (χ4v) is 2.55. The van der Waals surface area contributed by atoms with Crippen LogP contribution in [0, 0.1) is 6.92 Å². The molecule has 1 heterocycles. The van der Waals surface area contributed by atoms with Crippen LogP contribution in [0.4, 0.5) is 0 Å². The van der Waals surface area contributed by atoms with E-state index in [1.165, 1.54) is 6.07 Å². The molecule has 0 bridgehead atoms. The van der Waals surface area contributed by atoms with E-state index >= 15 is 0 Å². The summed E-state index contributed by atoms with van der Waals surface area (Å²) in [4.78, 5) is 38.0. The molecule has 0 aliphatic carbocycles. The molecule has 0 aliphatic heterocycles. The lowest BCUT2D eigenvalue weighted by Gasteiger charge is -2.12. The second-order valence-electron chi connectivity index (χ2n) is 5.21. The number of rotatable bonds is 7. The molecule has 0 radical (unpaired) electrons. The Kier molecular flexibility index (Phi) is 6.59. The average Bonchev–Trinajstić information content (AvgIpc) is 2.57. The van der Waals surface area contributed by atoms with Crippen LogP contribution in [0.3, 0.4) is 0 Å². The minimum absolute atomic E-state index is 0.185. The number of aryl methyl sites for hydroxylation is 1. The van der Waals surface area contributed by atoms with Crippen molar-refractivity contribution in [2.45, 2.75) is 6.92 Å². The van der Waals surface area contributed by atoms with Crippen LogP contribution in [0.5, 0.6) is 5.75 Å². The number of hydrogen-bond acceptors (Lipinski definition) is 6. The van der Waals surface area contributed by atoms with Crippen molar-refractivity contribution in [3.8, 4) is 5.75 Å². The number of carbonyl (C=O) groups is 3. The van der Waals surface area contributed by atoms with Crippen molar-refractivity contribution in [1.29, 1.82) is 0 Å². The average molecular weight is 400 g/mol. The van der Waals surface area contributed by atoms with Crippen LogP contribution in [0.25, 0.3) is 10.9 Å². The fraction of sp³-hybridized carbons (Fsp3) is 0.250. The van der Waals surface area contributed by atoms with Gasteiger partial charge in [-0.1, -0.05) is 23.2 Å². The van der Waals surface area contributed by atoms with E-state index in [1.54, 1.807) is 19.1 Å². The molecule has 0 fully saturated rings. The van der Waals surface area contributed by atoms with E-state index in [9.17, 15) is 14.4 Å². The molecule has 26 heavy (non-hydrogen) atoms. The summed E-state index contributed by atoms with van der Waals surface area (Å²) in [6.07, 6.45) is 0. The number of amides is 2. The Balaban J connectivity index is 2.01. The normalized spacial score (nSPS) is 10.4. The Morgan fingerprint density at radius 3 is 2.62 bits per heavy atom. The number of benzene rings is 1. The van der Waals surface area contributed by atoms with Gasteiger partial charge in [0.25, 0.3) is 5.91 Å². The summed E-state index contributed by atoms with van der Waals surface area (Å²) in [7, 11) is 0. The third-order valence-electron chi connectivity index (χ3n) is 3.14. The Hall–Kier alpha value is -2.58. The van der Waals surface area contributed by atoms with E-state index < -0.39 is 31.0 Å². The molecule has 3 N–H and O–H groups in total. The monoisotopic (exact) mass is 399 g/mol. The quantitative estimate of drug-likeness (QED) is 0.678. The highest BCUT2D eigenvalue weighted by Gasteiger charge is 2.16. The van der Waals surface area contributed by atoms with E-state index in [0.717, 1.165) is 5.69 Å². The number of nitrogens with zero attached hydrogens (tertiary/aromatic N) is 1. The summed E-state index contributed by atoms with van der Waals surface area (Å²) in [6, 6.07) is 5.04. The van der Waals surface area contributed by atoms with Gasteiger partial charge in [0, 0.05) is 11.1 Å². The lowest BCUT2D eigenvalue weighted by molar-refractivity contribution is -0.150. The maximum Gasteiger partial charge on any atom is 0.344 e. The molecular weight excluding hydrogens is 385 g/mol. The zero-order valence-corrected chi connectivity index (χ0v) is 15.2. The molecule has 0 spiro atoms. The highest BCUT2D eigenvalue weighted by atomic mass is 35.5. The van der Waals surface area contributed by atoms with Crippen LogP contribution in [0.15, 0.2) is 18.2 Å². The molecule has 1 aromatic heterocycles. The van der Waals surface area contributed by atoms with Crippen molar-refractivity contribution in [2.75, 3.05) is 19.8 Å². The van der Waals surface area contributed by atoms with Gasteiger partial charge in [-0.15, -0.1) is 0 Å². The predicted molar refractivity (Wildman–Crippen MR) is 95.2 cm³/mol. The number of nitrogens with two attached hydrogens (primary N) is 1. The SMILES string of the molecule is Cc1ccc2c(Cl)cc(Cl)c(OCC(=O)OCC(=O)NCC(N)=O)c2n1. The number of carbonyl (C=O) groups excluding carboxylic acids is 3. The Morgan fingerprint density at radius 1 is 1.19 bits per heavy atom. The van der Waals surface area contributed by atoms with E-state index in [0.29, 0.717) is 15.9 Å². The molecule has 0 unspecified atom stereocenters. The van der Waals surface area contributed by atoms with Gasteiger partial charge in [0.1, 0.15) is 5.52 Å². The zero-order chi connectivity index (χ0) is 19.3. The van der Waals surface area contributed by atoms with E-state index in [-0.39, 0.29) is 17.3 Å². The molecule has 8 nitrogen and oxygen atoms in total. The van der Waals surface area contributed by atoms with Gasteiger partial charge in [0.05, 0.1) is 16.6 Å². The second kappa shape index (κ2) is 8.68. The first-order chi connectivity index (χ1) is 12.3. The summed E-state index contributed by atoms with van der Waals surface area (Å²) in [5.41, 5.74) is 6.01. The molecule has 1 aromatic carbocycles. The van der Waals surface area contributed by atoms with Crippen LogP contribution in [0.2, 0.25) is 10.0 Å². The topological polar surface area (TPSA) is 121 Å². The standard InChI is InChI=1S/C16H15Cl2N3O5/c1-8-2-3-9-10(17)4-11(18)16(15(9)21-8)26-7-14(24)25-6-13(23)20-5-12(19)22/h2-4H,5-7H2,1H3,(H2,19,22)(H,20,23). The lowest BCUT2D eigenvalue weighted by Crippen LogP contribution is -2.36. The molecular formula is C16H15Cl2N3O5. The van der Waals surface area contributed by atoms with Crippen LogP contribution >= 0.6 is 23.2 Å². The number of hydrogen-bond donors (Lipinski definition) is 2. The highest BCUT2D eigenvalue weighted by Crippen LogP contribution is 2.37. The molecule has 138 valence electrons. The third-order valence-corrected chi connectivity index (χ3v) is 3.73. The maximum absolute atomic E-state index is 11.7. The number of aromatic nitrogens is 1. The summed E-state index contributed by atoms with van der Waals surface area (Å²) in [6.45, 7) is 0.387. The summed E-state index contributed by atoms with van der Waals surface area (Å²) < 4.78 is 10.2. The van der Waals surface area contributed by atoms with Crippen LogP contribution in [-0.4, -0.2) is 42.5 Å². The third kappa shape index (κ3) is 5.21. The van der Waals surface area contributed by atoms with Gasteiger partial charge in [-0.2, -0.15) is 0 Å². The van der Waals surface area contributed by atoms with Gasteiger partial charge >= 0.3 is 5.97 Å². The van der Waals surface area contributed by atoms with Crippen molar-refractivity contribution in [3.63, 3.8) is 0 Å². The number of nitrogens with one attached hydrogen (secondary N) is 1. The first kappa shape index (κ1) is 19.7. The minimum Gasteiger partial charge on any atom is -0.478 e. The van der Waals surface area contributed by atoms with Gasteiger partial charge in [-0.3, -0.25) is 9.59 Å². The van der Waals surface area contributed by atoms with Crippen molar-refractivity contribution >= 4 is 51.9 Å². The smallest absolute Gasteiger partial charge is 0.344 e. The van der Waals surface area contributed by atoms with E-state index in [2.05, 4.69) is 10.3 Å². The number of ether oxygens (including phenoxy) is 2. The number of pyridine rings is 1. The number of primary amides is 1. The molecule has 2 aromatic rings. The number of halogens is 2. The Labute approximate surface area is 158 Å². The van der Waals surface area contributed by atoms with Gasteiger partial charge < -0.3 is 20.5 Å². The first-order valence-corrected chi connectivity index (χ1v) is 8.12. The number of fused-ring (bicyclic) bond motifs is 1. The fourth-order valence-electron chi connectivity index (χ4n) is 1.98. The lowest BCUT2D eigenvalue weighted by atomic mass is 10.2. The zero-order valence-electron chi connectivity index (χ0n) is 13.7. The molecule has 2 amide bonds. The highest BCUT2D eigenvalue weighted by molar-refractivity contribution is 6.39. The molecule has 0 saturated carbocycles. The summed E-state index contributed by atoms with van der Waals surface area (Å²) in [5.74, 6) is -1.99. The molecule has 2 rings (SSSR count). The second-order valence-corrected chi connectivity index (χ2v) is 6.02. The van der Waals surface area contributed by atoms with Gasteiger partial charge in [0.15, 0.2) is 19.0 Å². The largest absolute Gasteiger partial charge is 0.478 e. The Morgan fingerprint density at radius 2 is 1.92 bits per heavy atom. The van der Waals surface area contributed by atoms with Crippen molar-refractivity contribution in [1.82, 2.24) is 10.3 Å². The van der Waals surface area contributed by atoms with E-state index in [4.69, 9.17) is 38.4 Å². The Bertz CT molecular complexity index is 873. The van der Waals surface area contributed by atoms with Crippen molar-refractivity contribution in [3.05, 3.63) is 33.9 Å². The minimum atomic E-state index is -0.800. The maximum atomic E-state index is 11.7. The number of esters is 1. The van der Waals surface area contributed by atoms with Crippen LogP contribution in [0.1, 0.15) is 5.69 Å².